The third-order valence-corrected chi connectivity index (χ3v) is 3.95. The Balaban J connectivity index is 2.79. The molecule has 0 aromatic carbocycles. The van der Waals surface area contributed by atoms with Crippen molar-refractivity contribution < 1.29 is 12.9 Å². The van der Waals surface area contributed by atoms with Gasteiger partial charge in [-0.2, -0.15) is 4.98 Å². The summed E-state index contributed by atoms with van der Waals surface area (Å²) in [4.78, 5) is 4.03. The molecule has 7 heteroatoms. The zero-order valence-electron chi connectivity index (χ0n) is 9.67. The summed E-state index contributed by atoms with van der Waals surface area (Å²) in [7, 11) is -3.19. The number of nitrogens with zero attached hydrogens (tertiary/aromatic N) is 2. The van der Waals surface area contributed by atoms with Gasteiger partial charge in [0.1, 0.15) is 5.25 Å². The van der Waals surface area contributed by atoms with Gasteiger partial charge in [0.15, 0.2) is 15.7 Å². The highest BCUT2D eigenvalue weighted by Gasteiger charge is 2.23. The van der Waals surface area contributed by atoms with Crippen LogP contribution >= 0.6 is 0 Å². The normalized spacial score (nSPS) is 16.0. The molecule has 1 heterocycles. The molecule has 6 nitrogen and oxygen atoms in total. The summed E-state index contributed by atoms with van der Waals surface area (Å²) in [5.41, 5.74) is 5.73. The molecule has 0 spiro atoms. The van der Waals surface area contributed by atoms with E-state index in [1.165, 1.54) is 6.92 Å². The van der Waals surface area contributed by atoms with E-state index in [4.69, 9.17) is 10.3 Å². The molecule has 16 heavy (non-hydrogen) atoms. The van der Waals surface area contributed by atoms with Crippen molar-refractivity contribution in [1.29, 1.82) is 0 Å². The predicted octanol–water partition coefficient (Wildman–Crippen LogP) is 0.455. The molecule has 0 aliphatic rings. The van der Waals surface area contributed by atoms with Gasteiger partial charge in [-0.1, -0.05) is 12.1 Å². The highest BCUT2D eigenvalue weighted by atomic mass is 32.2. The zero-order chi connectivity index (χ0) is 12.3. The van der Waals surface area contributed by atoms with E-state index in [1.807, 2.05) is 6.92 Å². The molecule has 0 amide bonds. The van der Waals surface area contributed by atoms with Crippen LogP contribution in [-0.4, -0.2) is 30.9 Å². The Morgan fingerprint density at radius 1 is 1.50 bits per heavy atom. The van der Waals surface area contributed by atoms with Gasteiger partial charge >= 0.3 is 0 Å². The standard InChI is InChI=1S/C9H17N3O3S/c1-4-7(10)5-8-11-9(12-15-8)6(2)16(3,13)14/h6-7H,4-5,10H2,1-3H3. The summed E-state index contributed by atoms with van der Waals surface area (Å²) in [6, 6.07) is -0.0400. The minimum atomic E-state index is -3.19. The Kier molecular flexibility index (Phi) is 4.03. The van der Waals surface area contributed by atoms with Crippen molar-refractivity contribution in [2.75, 3.05) is 6.26 Å². The summed E-state index contributed by atoms with van der Waals surface area (Å²) in [5.74, 6) is 0.584. The van der Waals surface area contributed by atoms with Crippen molar-refractivity contribution in [3.8, 4) is 0 Å². The predicted molar refractivity (Wildman–Crippen MR) is 59.5 cm³/mol. The van der Waals surface area contributed by atoms with Gasteiger partial charge in [-0.05, 0) is 13.3 Å². The highest BCUT2D eigenvalue weighted by molar-refractivity contribution is 7.90. The van der Waals surface area contributed by atoms with Crippen molar-refractivity contribution >= 4 is 9.84 Å². The number of aromatic nitrogens is 2. The monoisotopic (exact) mass is 247 g/mol. The second-order valence-electron chi connectivity index (χ2n) is 3.89. The number of hydrogen-bond donors (Lipinski definition) is 1. The Bertz CT molecular complexity index is 441. The zero-order valence-corrected chi connectivity index (χ0v) is 10.5. The second kappa shape index (κ2) is 4.92. The molecule has 0 aliphatic heterocycles. The molecule has 1 rings (SSSR count). The Hall–Kier alpha value is -0.950. The van der Waals surface area contributed by atoms with Crippen molar-refractivity contribution in [1.82, 2.24) is 10.1 Å². The van der Waals surface area contributed by atoms with E-state index in [1.54, 1.807) is 0 Å². The van der Waals surface area contributed by atoms with Crippen molar-refractivity contribution in [2.45, 2.75) is 38.0 Å². The fourth-order valence-corrected chi connectivity index (χ4v) is 1.55. The summed E-state index contributed by atoms with van der Waals surface area (Å²) in [6.45, 7) is 3.49. The summed E-state index contributed by atoms with van der Waals surface area (Å²) >= 11 is 0. The van der Waals surface area contributed by atoms with Crippen LogP contribution in [0, 0.1) is 0 Å². The largest absolute Gasteiger partial charge is 0.339 e. The molecule has 0 saturated carbocycles. The van der Waals surface area contributed by atoms with Crippen LogP contribution in [0.15, 0.2) is 4.52 Å². The Labute approximate surface area is 95.1 Å². The van der Waals surface area contributed by atoms with E-state index in [0.717, 1.165) is 12.7 Å². The Morgan fingerprint density at radius 3 is 2.62 bits per heavy atom. The van der Waals surface area contributed by atoms with Crippen LogP contribution in [0.4, 0.5) is 0 Å². The van der Waals surface area contributed by atoms with E-state index >= 15 is 0 Å². The van der Waals surface area contributed by atoms with Gasteiger partial charge in [-0.3, -0.25) is 0 Å². The number of hydrogen-bond acceptors (Lipinski definition) is 6. The molecule has 0 bridgehead atoms. The molecular formula is C9H17N3O3S. The maximum absolute atomic E-state index is 11.3. The summed E-state index contributed by atoms with van der Waals surface area (Å²) < 4.78 is 27.5. The van der Waals surface area contributed by atoms with Crippen LogP contribution in [0.3, 0.4) is 0 Å². The van der Waals surface area contributed by atoms with Gasteiger partial charge in [0.2, 0.25) is 5.89 Å². The molecule has 2 atom stereocenters. The van der Waals surface area contributed by atoms with Gasteiger partial charge in [-0.15, -0.1) is 0 Å². The van der Waals surface area contributed by atoms with Gasteiger partial charge < -0.3 is 10.3 Å². The fourth-order valence-electron chi connectivity index (χ4n) is 1.08. The number of rotatable bonds is 5. The smallest absolute Gasteiger partial charge is 0.228 e. The van der Waals surface area contributed by atoms with Gasteiger partial charge in [-0.25, -0.2) is 8.42 Å². The van der Waals surface area contributed by atoms with Crippen molar-refractivity contribution in [3.05, 3.63) is 11.7 Å². The molecule has 0 aliphatic carbocycles. The molecule has 2 unspecified atom stereocenters. The van der Waals surface area contributed by atoms with E-state index in [-0.39, 0.29) is 11.9 Å². The molecule has 2 N–H and O–H groups in total. The van der Waals surface area contributed by atoms with Crippen LogP contribution in [0.1, 0.15) is 37.2 Å². The van der Waals surface area contributed by atoms with E-state index in [2.05, 4.69) is 10.1 Å². The van der Waals surface area contributed by atoms with Crippen LogP contribution < -0.4 is 5.73 Å². The number of nitrogens with two attached hydrogens (primary N) is 1. The van der Waals surface area contributed by atoms with Crippen molar-refractivity contribution in [2.24, 2.45) is 5.73 Å². The molecule has 0 saturated heterocycles. The quantitative estimate of drug-likeness (QED) is 0.811. The molecular weight excluding hydrogens is 230 g/mol. The molecule has 1 aromatic heterocycles. The van der Waals surface area contributed by atoms with E-state index in [0.29, 0.717) is 12.3 Å². The lowest BCUT2D eigenvalue weighted by Gasteiger charge is -2.03. The first-order chi connectivity index (χ1) is 7.34. The second-order valence-corrected chi connectivity index (χ2v) is 6.26. The van der Waals surface area contributed by atoms with Crippen molar-refractivity contribution in [3.63, 3.8) is 0 Å². The first-order valence-electron chi connectivity index (χ1n) is 5.11. The first kappa shape index (κ1) is 13.1. The van der Waals surface area contributed by atoms with Crippen LogP contribution in [-0.2, 0) is 16.3 Å². The molecule has 0 radical (unpaired) electrons. The van der Waals surface area contributed by atoms with Crippen LogP contribution in [0.25, 0.3) is 0 Å². The molecule has 0 fully saturated rings. The van der Waals surface area contributed by atoms with Gasteiger partial charge in [0, 0.05) is 18.7 Å². The lowest BCUT2D eigenvalue weighted by atomic mass is 10.2. The van der Waals surface area contributed by atoms with Crippen LogP contribution in [0.5, 0.6) is 0 Å². The average molecular weight is 247 g/mol. The molecule has 1 aromatic rings. The van der Waals surface area contributed by atoms with Gasteiger partial charge in [0.05, 0.1) is 0 Å². The summed E-state index contributed by atoms with van der Waals surface area (Å²) in [6.07, 6.45) is 2.42. The minimum absolute atomic E-state index is 0.0400. The third kappa shape index (κ3) is 3.28. The lowest BCUT2D eigenvalue weighted by molar-refractivity contribution is 0.362. The lowest BCUT2D eigenvalue weighted by Crippen LogP contribution is -2.21. The van der Waals surface area contributed by atoms with Crippen LogP contribution in [0.2, 0.25) is 0 Å². The minimum Gasteiger partial charge on any atom is -0.339 e. The average Bonchev–Trinajstić information content (AvgIpc) is 2.63. The number of sulfone groups is 1. The molecule has 92 valence electrons. The van der Waals surface area contributed by atoms with Gasteiger partial charge in [0.25, 0.3) is 0 Å². The maximum Gasteiger partial charge on any atom is 0.228 e. The highest BCUT2D eigenvalue weighted by Crippen LogP contribution is 2.17. The topological polar surface area (TPSA) is 99.1 Å². The fraction of sp³-hybridized carbons (Fsp3) is 0.778. The maximum atomic E-state index is 11.3. The Morgan fingerprint density at radius 2 is 2.12 bits per heavy atom. The summed E-state index contributed by atoms with van der Waals surface area (Å²) in [5, 5.41) is 2.90. The van der Waals surface area contributed by atoms with E-state index < -0.39 is 15.1 Å². The third-order valence-electron chi connectivity index (χ3n) is 2.45. The SMILES string of the molecule is CCC(N)Cc1nc(C(C)S(C)(=O)=O)no1. The van der Waals surface area contributed by atoms with E-state index in [9.17, 15) is 8.42 Å². The first-order valence-corrected chi connectivity index (χ1v) is 7.07.